The highest BCUT2D eigenvalue weighted by atomic mass is 79.9. The summed E-state index contributed by atoms with van der Waals surface area (Å²) in [5, 5.41) is 12.8. The van der Waals surface area contributed by atoms with Crippen molar-refractivity contribution in [3.8, 4) is 10.6 Å². The molecule has 2 aromatic rings. The minimum absolute atomic E-state index is 0.0779. The molecular weight excluding hydrogens is 320 g/mol. The van der Waals surface area contributed by atoms with Crippen molar-refractivity contribution in [1.82, 2.24) is 9.78 Å². The molecule has 0 atom stereocenters. The first-order chi connectivity index (χ1) is 8.56. The fourth-order valence-corrected chi connectivity index (χ4v) is 2.75. The summed E-state index contributed by atoms with van der Waals surface area (Å²) in [6.07, 6.45) is -0.121. The number of aryl methyl sites for hydroxylation is 1. The van der Waals surface area contributed by atoms with Crippen molar-refractivity contribution in [3.05, 3.63) is 38.4 Å². The van der Waals surface area contributed by atoms with Crippen LogP contribution >= 0.6 is 27.3 Å². The Bertz CT molecular complexity index is 635. The Morgan fingerprint density at radius 1 is 1.39 bits per heavy atom. The van der Waals surface area contributed by atoms with E-state index in [1.165, 1.54) is 22.1 Å². The van der Waals surface area contributed by atoms with Crippen molar-refractivity contribution in [2.24, 2.45) is 0 Å². The number of hydrogen-bond acceptors (Lipinski definition) is 4. The number of aliphatic carboxylic acids is 1. The van der Waals surface area contributed by atoms with Gasteiger partial charge in [0.2, 0.25) is 0 Å². The standard InChI is InChI=1S/C11H9BrN2O3S/c12-9-3-2-8(18-9)7-1-4-10(15)14(13-7)6-5-11(16)17/h1-4H,5-6H2,(H,16,17). The van der Waals surface area contributed by atoms with E-state index in [1.54, 1.807) is 6.07 Å². The van der Waals surface area contributed by atoms with Crippen LogP contribution in [0.25, 0.3) is 10.6 Å². The van der Waals surface area contributed by atoms with Gasteiger partial charge in [-0.15, -0.1) is 11.3 Å². The number of nitrogens with zero attached hydrogens (tertiary/aromatic N) is 2. The van der Waals surface area contributed by atoms with Crippen LogP contribution in [-0.4, -0.2) is 20.9 Å². The van der Waals surface area contributed by atoms with Crippen molar-refractivity contribution in [3.63, 3.8) is 0 Å². The molecule has 0 aliphatic carbocycles. The van der Waals surface area contributed by atoms with E-state index in [0.29, 0.717) is 5.69 Å². The van der Waals surface area contributed by atoms with Gasteiger partial charge in [0, 0.05) is 6.07 Å². The largest absolute Gasteiger partial charge is 0.481 e. The maximum Gasteiger partial charge on any atom is 0.305 e. The number of rotatable bonds is 4. The summed E-state index contributed by atoms with van der Waals surface area (Å²) in [5.41, 5.74) is 0.367. The molecule has 18 heavy (non-hydrogen) atoms. The van der Waals surface area contributed by atoms with Crippen LogP contribution in [0, 0.1) is 0 Å². The molecule has 0 aromatic carbocycles. The van der Waals surface area contributed by atoms with Crippen LogP contribution in [0.2, 0.25) is 0 Å². The summed E-state index contributed by atoms with van der Waals surface area (Å²) in [4.78, 5) is 22.9. The van der Waals surface area contributed by atoms with Gasteiger partial charge in [-0.1, -0.05) is 0 Å². The van der Waals surface area contributed by atoms with Gasteiger partial charge in [-0.3, -0.25) is 9.59 Å². The van der Waals surface area contributed by atoms with Crippen molar-refractivity contribution >= 4 is 33.2 Å². The van der Waals surface area contributed by atoms with E-state index in [1.807, 2.05) is 12.1 Å². The highest BCUT2D eigenvalue weighted by Crippen LogP contribution is 2.29. The first-order valence-corrected chi connectivity index (χ1v) is 6.73. The minimum Gasteiger partial charge on any atom is -0.481 e. The van der Waals surface area contributed by atoms with Crippen molar-refractivity contribution in [2.75, 3.05) is 0 Å². The third-order valence-electron chi connectivity index (χ3n) is 2.23. The molecule has 0 unspecified atom stereocenters. The normalized spacial score (nSPS) is 10.5. The summed E-state index contributed by atoms with van der Waals surface area (Å²) in [6, 6.07) is 6.83. The highest BCUT2D eigenvalue weighted by molar-refractivity contribution is 9.11. The predicted octanol–water partition coefficient (Wildman–Crippen LogP) is 2.21. The molecule has 2 heterocycles. The Kier molecular flexibility index (Phi) is 3.93. The van der Waals surface area contributed by atoms with E-state index in [4.69, 9.17) is 5.11 Å². The molecule has 0 saturated carbocycles. The van der Waals surface area contributed by atoms with Crippen LogP contribution in [0.4, 0.5) is 0 Å². The van der Waals surface area contributed by atoms with Gasteiger partial charge in [0.05, 0.1) is 21.6 Å². The van der Waals surface area contributed by atoms with Gasteiger partial charge in [0.15, 0.2) is 0 Å². The van der Waals surface area contributed by atoms with Crippen molar-refractivity contribution < 1.29 is 9.90 Å². The smallest absolute Gasteiger partial charge is 0.305 e. The molecule has 0 bridgehead atoms. The average molecular weight is 329 g/mol. The van der Waals surface area contributed by atoms with E-state index in [0.717, 1.165) is 8.66 Å². The molecule has 94 valence electrons. The van der Waals surface area contributed by atoms with Crippen molar-refractivity contribution in [2.45, 2.75) is 13.0 Å². The maximum atomic E-state index is 11.5. The molecule has 7 heteroatoms. The molecule has 0 amide bonds. The van der Waals surface area contributed by atoms with E-state index < -0.39 is 5.97 Å². The third-order valence-corrected chi connectivity index (χ3v) is 3.88. The molecule has 0 spiro atoms. The highest BCUT2D eigenvalue weighted by Gasteiger charge is 2.07. The van der Waals surface area contributed by atoms with Crippen LogP contribution < -0.4 is 5.56 Å². The number of thiophene rings is 1. The van der Waals surface area contributed by atoms with E-state index >= 15 is 0 Å². The molecule has 0 aliphatic rings. The fraction of sp³-hybridized carbons (Fsp3) is 0.182. The molecule has 0 saturated heterocycles. The lowest BCUT2D eigenvalue weighted by Crippen LogP contribution is -2.23. The van der Waals surface area contributed by atoms with Crippen LogP contribution in [0.1, 0.15) is 6.42 Å². The third kappa shape index (κ3) is 3.05. The van der Waals surface area contributed by atoms with E-state index in [2.05, 4.69) is 21.0 Å². The number of carboxylic acid groups (broad SMARTS) is 1. The summed E-state index contributed by atoms with van der Waals surface area (Å²) in [7, 11) is 0. The van der Waals surface area contributed by atoms with Crippen LogP contribution in [0.5, 0.6) is 0 Å². The number of hydrogen-bond donors (Lipinski definition) is 1. The van der Waals surface area contributed by atoms with Gasteiger partial charge in [-0.2, -0.15) is 5.10 Å². The second-order valence-electron chi connectivity index (χ2n) is 3.53. The number of aromatic nitrogens is 2. The zero-order valence-corrected chi connectivity index (χ0v) is 11.6. The minimum atomic E-state index is -0.951. The van der Waals surface area contributed by atoms with E-state index in [-0.39, 0.29) is 18.5 Å². The van der Waals surface area contributed by atoms with Crippen LogP contribution in [0.15, 0.2) is 32.8 Å². The van der Waals surface area contributed by atoms with Crippen molar-refractivity contribution in [1.29, 1.82) is 0 Å². The average Bonchev–Trinajstić information content (AvgIpc) is 2.74. The lowest BCUT2D eigenvalue weighted by Gasteiger charge is -2.04. The molecule has 2 aromatic heterocycles. The molecular formula is C11H9BrN2O3S. The lowest BCUT2D eigenvalue weighted by molar-refractivity contribution is -0.137. The van der Waals surface area contributed by atoms with Gasteiger partial charge >= 0.3 is 5.97 Å². The summed E-state index contributed by atoms with van der Waals surface area (Å²) in [6.45, 7) is 0.0779. The number of halogens is 1. The van der Waals surface area contributed by atoms with E-state index in [9.17, 15) is 9.59 Å². The molecule has 1 N–H and O–H groups in total. The van der Waals surface area contributed by atoms with Gasteiger partial charge < -0.3 is 5.11 Å². The Balaban J connectivity index is 2.31. The first kappa shape index (κ1) is 13.0. The summed E-state index contributed by atoms with van der Waals surface area (Å²) in [5.74, 6) is -0.951. The molecule has 0 aliphatic heterocycles. The topological polar surface area (TPSA) is 72.2 Å². The second kappa shape index (κ2) is 5.45. The number of carboxylic acids is 1. The van der Waals surface area contributed by atoms with Crippen LogP contribution in [0.3, 0.4) is 0 Å². The number of carbonyl (C=O) groups is 1. The van der Waals surface area contributed by atoms with Crippen LogP contribution in [-0.2, 0) is 11.3 Å². The monoisotopic (exact) mass is 328 g/mol. The molecule has 5 nitrogen and oxygen atoms in total. The Morgan fingerprint density at radius 2 is 2.17 bits per heavy atom. The van der Waals surface area contributed by atoms with Gasteiger partial charge in [-0.05, 0) is 34.1 Å². The predicted molar refractivity (Wildman–Crippen MR) is 71.8 cm³/mol. The fourth-order valence-electron chi connectivity index (χ4n) is 1.39. The van der Waals surface area contributed by atoms with Gasteiger partial charge in [-0.25, -0.2) is 4.68 Å². The Hall–Kier alpha value is -1.47. The lowest BCUT2D eigenvalue weighted by atomic mass is 10.3. The molecule has 2 rings (SSSR count). The molecule has 0 radical (unpaired) electrons. The Labute approximate surface area is 115 Å². The maximum absolute atomic E-state index is 11.5. The molecule has 0 fully saturated rings. The first-order valence-electron chi connectivity index (χ1n) is 5.12. The second-order valence-corrected chi connectivity index (χ2v) is 5.99. The van der Waals surface area contributed by atoms with Gasteiger partial charge in [0.1, 0.15) is 5.69 Å². The Morgan fingerprint density at radius 3 is 2.78 bits per heavy atom. The quantitative estimate of drug-likeness (QED) is 0.933. The summed E-state index contributed by atoms with van der Waals surface area (Å²) >= 11 is 4.86. The summed E-state index contributed by atoms with van der Waals surface area (Å²) < 4.78 is 2.15. The van der Waals surface area contributed by atoms with Gasteiger partial charge in [0.25, 0.3) is 5.56 Å². The zero-order chi connectivity index (χ0) is 13.1. The SMILES string of the molecule is O=C(O)CCn1nc(-c2ccc(Br)s2)ccc1=O. The zero-order valence-electron chi connectivity index (χ0n) is 9.17.